The number of hydrogen-bond donors (Lipinski definition) is 0. The van der Waals surface area contributed by atoms with Crippen molar-refractivity contribution in [1.82, 2.24) is 0 Å². The smallest absolute Gasteiger partial charge is 0.338 e. The van der Waals surface area contributed by atoms with Crippen LogP contribution in [0.25, 0.3) is 0 Å². The molecule has 0 saturated carbocycles. The molecule has 0 aromatic heterocycles. The van der Waals surface area contributed by atoms with Crippen LogP contribution in [-0.2, 0) is 18.9 Å². The Morgan fingerprint density at radius 1 is 1.15 bits per heavy atom. The van der Waals surface area contributed by atoms with E-state index in [0.29, 0.717) is 25.4 Å². The van der Waals surface area contributed by atoms with Gasteiger partial charge in [0.1, 0.15) is 11.5 Å². The van der Waals surface area contributed by atoms with Gasteiger partial charge in [0.25, 0.3) is 0 Å². The van der Waals surface area contributed by atoms with Crippen LogP contribution in [0.5, 0.6) is 0 Å². The van der Waals surface area contributed by atoms with Crippen LogP contribution < -0.4 is 0 Å². The minimum Gasteiger partial charge on any atom is -0.452 e. The second kappa shape index (κ2) is 10.5. The first-order valence-electron chi connectivity index (χ1n) is 8.47. The highest BCUT2D eigenvalue weighted by Crippen LogP contribution is 2.39. The summed E-state index contributed by atoms with van der Waals surface area (Å²) in [6.45, 7) is 10.6. The first kappa shape index (κ1) is 20.7. The first-order chi connectivity index (χ1) is 12.6. The molecule has 0 N–H and O–H groups in total. The Labute approximate surface area is 159 Å². The summed E-state index contributed by atoms with van der Waals surface area (Å²) in [5.74, 6) is -0.391. The highest BCUT2D eigenvalue weighted by molar-refractivity contribution is 8.00. The molecule has 0 aliphatic carbocycles. The van der Waals surface area contributed by atoms with Crippen LogP contribution >= 0.6 is 11.8 Å². The topological polar surface area (TPSA) is 54.0 Å². The van der Waals surface area contributed by atoms with Crippen LogP contribution in [0.15, 0.2) is 49.6 Å². The molecule has 5 nitrogen and oxygen atoms in total. The number of carbonyl (C=O) groups is 1. The Morgan fingerprint density at radius 2 is 1.85 bits per heavy atom. The molecule has 1 fully saturated rings. The van der Waals surface area contributed by atoms with Crippen LogP contribution in [0.2, 0.25) is 0 Å². The minimum absolute atomic E-state index is 0.0179. The Balaban J connectivity index is 2.11. The summed E-state index contributed by atoms with van der Waals surface area (Å²) in [5, 5.41) is -0.0179. The zero-order valence-electron chi connectivity index (χ0n) is 15.3. The van der Waals surface area contributed by atoms with Crippen molar-refractivity contribution in [3.63, 3.8) is 0 Å². The van der Waals surface area contributed by atoms with E-state index in [1.54, 1.807) is 43.2 Å². The molecule has 6 heteroatoms. The third-order valence-corrected chi connectivity index (χ3v) is 5.44. The van der Waals surface area contributed by atoms with Crippen LogP contribution in [0.4, 0.5) is 0 Å². The van der Waals surface area contributed by atoms with E-state index in [1.807, 2.05) is 19.1 Å². The molecule has 1 aromatic rings. The first-order valence-corrected chi connectivity index (χ1v) is 9.42. The molecular weight excluding hydrogens is 352 g/mol. The normalized spacial score (nSPS) is 25.0. The van der Waals surface area contributed by atoms with Gasteiger partial charge in [-0.05, 0) is 19.1 Å². The summed E-state index contributed by atoms with van der Waals surface area (Å²) >= 11 is 1.55. The highest BCUT2D eigenvalue weighted by atomic mass is 32.2. The average molecular weight is 378 g/mol. The highest BCUT2D eigenvalue weighted by Gasteiger charge is 2.47. The van der Waals surface area contributed by atoms with E-state index >= 15 is 0 Å². The zero-order chi connectivity index (χ0) is 18.9. The molecule has 1 aromatic carbocycles. The fourth-order valence-electron chi connectivity index (χ4n) is 2.67. The number of hydrogen-bond acceptors (Lipinski definition) is 6. The lowest BCUT2D eigenvalue weighted by molar-refractivity contribution is -0.0743. The quantitative estimate of drug-likeness (QED) is 0.353. The molecule has 1 unspecified atom stereocenters. The fraction of sp³-hybridized carbons (Fsp3) is 0.450. The Bertz CT molecular complexity index is 601. The van der Waals surface area contributed by atoms with Gasteiger partial charge in [-0.25, -0.2) is 4.79 Å². The molecule has 1 heterocycles. The van der Waals surface area contributed by atoms with Crippen LogP contribution in [0.3, 0.4) is 0 Å². The largest absolute Gasteiger partial charge is 0.452 e. The number of ether oxygens (including phenoxy) is 4. The van der Waals surface area contributed by atoms with Crippen molar-refractivity contribution in [2.24, 2.45) is 0 Å². The van der Waals surface area contributed by atoms with Crippen molar-refractivity contribution in [3.8, 4) is 0 Å². The Morgan fingerprint density at radius 3 is 2.46 bits per heavy atom. The maximum Gasteiger partial charge on any atom is 0.338 e. The summed E-state index contributed by atoms with van der Waals surface area (Å²) in [4.78, 5) is 12.6. The van der Waals surface area contributed by atoms with Gasteiger partial charge in [0.2, 0.25) is 0 Å². The van der Waals surface area contributed by atoms with Gasteiger partial charge in [0, 0.05) is 7.11 Å². The van der Waals surface area contributed by atoms with Gasteiger partial charge >= 0.3 is 5.97 Å². The molecule has 0 radical (unpaired) electrons. The molecular formula is C20H26O5S. The summed E-state index contributed by atoms with van der Waals surface area (Å²) in [7, 11) is 1.60. The second-order valence-corrected chi connectivity index (χ2v) is 7.27. The number of carbonyl (C=O) groups excluding carboxylic acids is 1. The van der Waals surface area contributed by atoms with E-state index in [0.717, 1.165) is 5.56 Å². The maximum absolute atomic E-state index is 12.6. The van der Waals surface area contributed by atoms with Gasteiger partial charge in [-0.2, -0.15) is 0 Å². The van der Waals surface area contributed by atoms with Gasteiger partial charge in [-0.15, -0.1) is 24.9 Å². The Hall–Kier alpha value is -1.60. The monoisotopic (exact) mass is 378 g/mol. The van der Waals surface area contributed by atoms with Crippen molar-refractivity contribution in [1.29, 1.82) is 0 Å². The van der Waals surface area contributed by atoms with Crippen molar-refractivity contribution in [2.45, 2.75) is 29.8 Å². The van der Waals surface area contributed by atoms with E-state index in [9.17, 15) is 4.79 Å². The third kappa shape index (κ3) is 5.45. The summed E-state index contributed by atoms with van der Waals surface area (Å²) in [5.41, 5.74) is 1.26. The van der Waals surface area contributed by atoms with Crippen LogP contribution in [0.1, 0.15) is 15.9 Å². The maximum atomic E-state index is 12.6. The van der Waals surface area contributed by atoms with E-state index < -0.39 is 12.1 Å². The molecule has 4 atom stereocenters. The van der Waals surface area contributed by atoms with Crippen LogP contribution in [0, 0.1) is 6.92 Å². The predicted molar refractivity (Wildman–Crippen MR) is 104 cm³/mol. The minimum atomic E-state index is -0.531. The van der Waals surface area contributed by atoms with E-state index in [4.69, 9.17) is 18.9 Å². The van der Waals surface area contributed by atoms with E-state index in [1.165, 1.54) is 0 Å². The zero-order valence-corrected chi connectivity index (χ0v) is 16.1. The Kier molecular flexibility index (Phi) is 8.38. The third-order valence-electron chi connectivity index (χ3n) is 3.95. The van der Waals surface area contributed by atoms with Crippen molar-refractivity contribution in [3.05, 3.63) is 60.7 Å². The molecule has 142 valence electrons. The molecule has 1 aliphatic rings. The number of methoxy groups -OCH3 is 1. The summed E-state index contributed by atoms with van der Waals surface area (Å²) < 4.78 is 22.8. The van der Waals surface area contributed by atoms with E-state index in [-0.39, 0.29) is 16.8 Å². The number of rotatable bonds is 10. The standard InChI is InChI=1S/C20H26O5S/c1-5-11-23-13-16-17(24-12-6-2)18(20(22-4)26-16)25-19(21)15-9-7-14(3)8-10-15/h5-10,16-18,20H,1-2,11-13H2,3-4H3/t16-,17-,18+,20?/m1/s1. The number of aryl methyl sites for hydroxylation is 1. The molecule has 0 spiro atoms. The summed E-state index contributed by atoms with van der Waals surface area (Å²) in [6, 6.07) is 7.27. The van der Waals surface area contributed by atoms with Crippen molar-refractivity contribution < 1.29 is 23.7 Å². The predicted octanol–water partition coefficient (Wildman–Crippen LogP) is 3.38. The van der Waals surface area contributed by atoms with Gasteiger partial charge in [-0.1, -0.05) is 29.8 Å². The van der Waals surface area contributed by atoms with Crippen molar-refractivity contribution >= 4 is 17.7 Å². The SMILES string of the molecule is C=CCOC[C@H]1SC(OC)[C@@H](OC(=O)c2ccc(C)cc2)[C@@H]1OCC=C. The van der Waals surface area contributed by atoms with Gasteiger partial charge in [0.15, 0.2) is 6.10 Å². The molecule has 1 saturated heterocycles. The molecule has 1 aliphatic heterocycles. The van der Waals surface area contributed by atoms with E-state index in [2.05, 4.69) is 13.2 Å². The average Bonchev–Trinajstić information content (AvgIpc) is 2.97. The lowest BCUT2D eigenvalue weighted by Crippen LogP contribution is -2.41. The molecule has 2 rings (SSSR count). The number of thioether (sulfide) groups is 1. The second-order valence-electron chi connectivity index (χ2n) is 5.93. The summed E-state index contributed by atoms with van der Waals surface area (Å²) in [6.07, 6.45) is 2.49. The fourth-order valence-corrected chi connectivity index (χ4v) is 4.05. The van der Waals surface area contributed by atoms with Gasteiger partial charge in [0.05, 0.1) is 30.6 Å². The lowest BCUT2D eigenvalue weighted by atomic mass is 10.1. The molecule has 0 amide bonds. The molecule has 26 heavy (non-hydrogen) atoms. The van der Waals surface area contributed by atoms with Gasteiger partial charge in [-0.3, -0.25) is 0 Å². The molecule has 0 bridgehead atoms. The van der Waals surface area contributed by atoms with Crippen LogP contribution in [-0.4, -0.2) is 55.8 Å². The van der Waals surface area contributed by atoms with Crippen molar-refractivity contribution in [2.75, 3.05) is 26.9 Å². The lowest BCUT2D eigenvalue weighted by Gasteiger charge is -2.25. The number of esters is 1. The number of benzene rings is 1. The van der Waals surface area contributed by atoms with Gasteiger partial charge < -0.3 is 18.9 Å².